The molecule has 0 N–H and O–H groups in total. The lowest BCUT2D eigenvalue weighted by atomic mass is 10.2. The van der Waals surface area contributed by atoms with Gasteiger partial charge in [0.05, 0.1) is 22.1 Å². The summed E-state index contributed by atoms with van der Waals surface area (Å²) in [6.45, 7) is 10.8. The van der Waals surface area contributed by atoms with Gasteiger partial charge < -0.3 is 4.90 Å². The van der Waals surface area contributed by atoms with Gasteiger partial charge in [0.15, 0.2) is 0 Å². The van der Waals surface area contributed by atoms with Crippen LogP contribution >= 0.6 is 0 Å². The lowest BCUT2D eigenvalue weighted by Gasteiger charge is -2.03. The average Bonchev–Trinajstić information content (AvgIpc) is 3.11. The number of nitrogens with zero attached hydrogens (tertiary/aromatic N) is 3. The van der Waals surface area contributed by atoms with Crippen LogP contribution in [-0.2, 0) is 0 Å². The molecular formula is C22H35N3. The first kappa shape index (κ1) is 21.3. The first-order chi connectivity index (χ1) is 12.1. The fraction of sp³-hybridized carbons (Fsp3) is 0.545. The zero-order valence-corrected chi connectivity index (χ0v) is 16.8. The maximum atomic E-state index is 4.61. The van der Waals surface area contributed by atoms with E-state index in [0.29, 0.717) is 0 Å². The molecule has 0 amide bonds. The summed E-state index contributed by atoms with van der Waals surface area (Å²) in [5.74, 6) is 0. The van der Waals surface area contributed by atoms with Gasteiger partial charge in [-0.1, -0.05) is 37.3 Å². The van der Waals surface area contributed by atoms with Crippen LogP contribution in [0.3, 0.4) is 0 Å². The van der Waals surface area contributed by atoms with E-state index in [1.54, 1.807) is 0 Å². The number of rotatable bonds is 2. The molecule has 3 heteroatoms. The van der Waals surface area contributed by atoms with Gasteiger partial charge in [-0.3, -0.25) is 0 Å². The van der Waals surface area contributed by atoms with Crippen molar-refractivity contribution in [1.29, 1.82) is 0 Å². The van der Waals surface area contributed by atoms with Crippen LogP contribution in [0, 0.1) is 6.92 Å². The molecule has 0 saturated carbocycles. The Hall–Kier alpha value is -1.74. The molecule has 1 aromatic rings. The molecule has 0 spiro atoms. The van der Waals surface area contributed by atoms with Crippen LogP contribution in [0.25, 0.3) is 18.2 Å². The monoisotopic (exact) mass is 341 g/mol. The maximum Gasteiger partial charge on any atom is 0.0851 e. The highest BCUT2D eigenvalue weighted by Gasteiger charge is 2.03. The average molecular weight is 342 g/mol. The molecule has 138 valence electrons. The van der Waals surface area contributed by atoms with Crippen molar-refractivity contribution in [3.05, 3.63) is 40.3 Å². The summed E-state index contributed by atoms with van der Waals surface area (Å²) in [5.41, 5.74) is 2.02. The second-order valence-corrected chi connectivity index (χ2v) is 6.44. The van der Waals surface area contributed by atoms with E-state index in [0.717, 1.165) is 41.3 Å². The first-order valence-corrected chi connectivity index (χ1v) is 9.59. The Kier molecular flexibility index (Phi) is 10.7. The number of hydrogen-bond acceptors (Lipinski definition) is 3. The van der Waals surface area contributed by atoms with E-state index < -0.39 is 0 Å². The number of aromatic nitrogens is 2. The summed E-state index contributed by atoms with van der Waals surface area (Å²) in [5, 5.41) is 2.09. The maximum absolute atomic E-state index is 4.61. The molecule has 3 rings (SSSR count). The molecule has 0 bridgehead atoms. The Morgan fingerprint density at radius 2 is 1.56 bits per heavy atom. The van der Waals surface area contributed by atoms with Gasteiger partial charge in [-0.2, -0.15) is 0 Å². The number of allylic oxidation sites excluding steroid dienone is 3. The number of aryl methyl sites for hydroxylation is 1. The van der Waals surface area contributed by atoms with Crippen molar-refractivity contribution in [2.45, 2.75) is 59.8 Å². The lowest BCUT2D eigenvalue weighted by molar-refractivity contribution is 0.418. The molecule has 1 saturated heterocycles. The third-order valence-corrected chi connectivity index (χ3v) is 4.18. The highest BCUT2D eigenvalue weighted by atomic mass is 15.1. The van der Waals surface area contributed by atoms with E-state index in [4.69, 9.17) is 0 Å². The zero-order valence-electron chi connectivity index (χ0n) is 16.8. The van der Waals surface area contributed by atoms with Crippen molar-refractivity contribution in [3.63, 3.8) is 0 Å². The topological polar surface area (TPSA) is 29.0 Å². The van der Waals surface area contributed by atoms with Crippen LogP contribution in [0.4, 0.5) is 0 Å². The summed E-state index contributed by atoms with van der Waals surface area (Å²) < 4.78 is 0. The van der Waals surface area contributed by atoms with Crippen molar-refractivity contribution in [3.8, 4) is 0 Å². The molecule has 1 aliphatic heterocycles. The number of hydrogen-bond donors (Lipinski definition) is 0. The second kappa shape index (κ2) is 12.6. The molecule has 2 aliphatic rings. The fourth-order valence-corrected chi connectivity index (χ4v) is 2.57. The molecule has 0 aromatic carbocycles. The molecule has 3 nitrogen and oxygen atoms in total. The molecule has 2 heterocycles. The van der Waals surface area contributed by atoms with Gasteiger partial charge in [0, 0.05) is 0 Å². The SMILES string of the molecule is CC/C=C/c1nc2c(nc1C)=CCCC=2.CC=CC.CN1CCCC1. The van der Waals surface area contributed by atoms with Crippen molar-refractivity contribution >= 4 is 18.2 Å². The largest absolute Gasteiger partial charge is 0.306 e. The standard InChI is InChI=1S/C13H16N2.C5H11N.C4H8/c1-3-4-7-11-10(2)14-12-8-5-6-9-13(12)15-11;1-6-4-2-3-5-6;1-3-4-2/h4,7-9H,3,5-6H2,1-2H3;2-5H2,1H3;3-4H,1-2H3/b7-4+;;. The van der Waals surface area contributed by atoms with E-state index in [-0.39, 0.29) is 0 Å². The van der Waals surface area contributed by atoms with Gasteiger partial charge >= 0.3 is 0 Å². The molecule has 0 unspecified atom stereocenters. The third kappa shape index (κ3) is 8.26. The van der Waals surface area contributed by atoms with Crippen LogP contribution in [0.2, 0.25) is 0 Å². The Labute approximate surface area is 153 Å². The van der Waals surface area contributed by atoms with E-state index in [9.17, 15) is 0 Å². The third-order valence-electron chi connectivity index (χ3n) is 4.18. The summed E-state index contributed by atoms with van der Waals surface area (Å²) >= 11 is 0. The minimum atomic E-state index is 1.00. The Bertz CT molecular complexity index is 661. The van der Waals surface area contributed by atoms with Crippen molar-refractivity contribution in [1.82, 2.24) is 14.9 Å². The minimum Gasteiger partial charge on any atom is -0.306 e. The summed E-state index contributed by atoms with van der Waals surface area (Å²) in [7, 11) is 2.17. The zero-order chi connectivity index (χ0) is 18.5. The second-order valence-electron chi connectivity index (χ2n) is 6.44. The predicted molar refractivity (Wildman–Crippen MR) is 111 cm³/mol. The molecule has 0 radical (unpaired) electrons. The van der Waals surface area contributed by atoms with Gasteiger partial charge in [0.1, 0.15) is 0 Å². The van der Waals surface area contributed by atoms with Gasteiger partial charge in [-0.25, -0.2) is 9.97 Å². The van der Waals surface area contributed by atoms with Crippen LogP contribution in [0.5, 0.6) is 0 Å². The van der Waals surface area contributed by atoms with Crippen LogP contribution in [0.1, 0.15) is 64.3 Å². The van der Waals surface area contributed by atoms with Gasteiger partial charge in [-0.05, 0) is 79.1 Å². The Morgan fingerprint density at radius 3 is 2.00 bits per heavy atom. The molecule has 1 aliphatic carbocycles. The Morgan fingerprint density at radius 1 is 1.00 bits per heavy atom. The van der Waals surface area contributed by atoms with E-state index in [1.165, 1.54) is 25.9 Å². The highest BCUT2D eigenvalue weighted by Crippen LogP contribution is 2.02. The summed E-state index contributed by atoms with van der Waals surface area (Å²) in [6.07, 6.45) is 18.6. The molecule has 0 atom stereocenters. The van der Waals surface area contributed by atoms with Gasteiger partial charge in [0.25, 0.3) is 0 Å². The molecule has 25 heavy (non-hydrogen) atoms. The van der Waals surface area contributed by atoms with Crippen LogP contribution in [0.15, 0.2) is 18.2 Å². The van der Waals surface area contributed by atoms with Crippen molar-refractivity contribution < 1.29 is 0 Å². The first-order valence-electron chi connectivity index (χ1n) is 9.59. The van der Waals surface area contributed by atoms with Crippen LogP contribution in [-0.4, -0.2) is 35.0 Å². The highest BCUT2D eigenvalue weighted by molar-refractivity contribution is 5.47. The smallest absolute Gasteiger partial charge is 0.0851 e. The van der Waals surface area contributed by atoms with Gasteiger partial charge in [-0.15, -0.1) is 0 Å². The number of fused-ring (bicyclic) bond motifs is 1. The van der Waals surface area contributed by atoms with Crippen LogP contribution < -0.4 is 10.7 Å². The lowest BCUT2D eigenvalue weighted by Crippen LogP contribution is -2.34. The number of likely N-dealkylation sites (tertiary alicyclic amines) is 1. The van der Waals surface area contributed by atoms with E-state index >= 15 is 0 Å². The Balaban J connectivity index is 0.000000257. The normalized spacial score (nSPS) is 16.4. The predicted octanol–water partition coefficient (Wildman–Crippen LogP) is 3.86. The van der Waals surface area contributed by atoms with E-state index in [2.05, 4.69) is 53.1 Å². The quantitative estimate of drug-likeness (QED) is 0.765. The molecule has 1 fully saturated rings. The van der Waals surface area contributed by atoms with Crippen molar-refractivity contribution in [2.24, 2.45) is 0 Å². The minimum absolute atomic E-state index is 1.00. The fourth-order valence-electron chi connectivity index (χ4n) is 2.57. The van der Waals surface area contributed by atoms with Crippen molar-refractivity contribution in [2.75, 3.05) is 20.1 Å². The summed E-state index contributed by atoms with van der Waals surface area (Å²) in [4.78, 5) is 11.5. The molecular weight excluding hydrogens is 306 g/mol. The van der Waals surface area contributed by atoms with Gasteiger partial charge in [0.2, 0.25) is 0 Å². The molecule has 1 aromatic heterocycles. The van der Waals surface area contributed by atoms with E-state index in [1.807, 2.05) is 32.9 Å². The summed E-state index contributed by atoms with van der Waals surface area (Å²) in [6, 6.07) is 0.